The standard InChI is InChI=1S/2C20H16O3.C4H8O2/c2*1-22-15-12-10-14(11-13-15)20(21)16-6-2-4-8-18(16)23-19-9-5-3-7-17(19)20;1-2-6-4-3-5-1/h2*2-13,21H,1H3;1-4H2. The van der Waals surface area contributed by atoms with Gasteiger partial charge in [-0.15, -0.1) is 0 Å². The molecule has 3 aliphatic rings. The molecule has 0 aliphatic carbocycles. The minimum Gasteiger partial charge on any atom is -0.497 e. The zero-order chi connectivity index (χ0) is 36.0. The van der Waals surface area contributed by atoms with E-state index in [0.29, 0.717) is 23.0 Å². The zero-order valence-electron chi connectivity index (χ0n) is 29.0. The summed E-state index contributed by atoms with van der Waals surface area (Å²) < 4.78 is 32.2. The van der Waals surface area contributed by atoms with Gasteiger partial charge in [0.25, 0.3) is 0 Å². The van der Waals surface area contributed by atoms with E-state index in [1.807, 2.05) is 146 Å². The van der Waals surface area contributed by atoms with Crippen LogP contribution < -0.4 is 18.9 Å². The van der Waals surface area contributed by atoms with E-state index < -0.39 is 11.2 Å². The lowest BCUT2D eigenvalue weighted by Gasteiger charge is -2.36. The van der Waals surface area contributed by atoms with Gasteiger partial charge in [-0.25, -0.2) is 0 Å². The van der Waals surface area contributed by atoms with Gasteiger partial charge in [0.2, 0.25) is 0 Å². The molecule has 8 heteroatoms. The van der Waals surface area contributed by atoms with Crippen LogP contribution in [0.1, 0.15) is 33.4 Å². The average molecular weight is 697 g/mol. The van der Waals surface area contributed by atoms with Gasteiger partial charge in [0.1, 0.15) is 45.7 Å². The second kappa shape index (κ2) is 15.3. The van der Waals surface area contributed by atoms with E-state index >= 15 is 0 Å². The Morgan fingerprint density at radius 3 is 0.923 bits per heavy atom. The van der Waals surface area contributed by atoms with Gasteiger partial charge >= 0.3 is 0 Å². The molecule has 0 aromatic heterocycles. The van der Waals surface area contributed by atoms with Crippen molar-refractivity contribution in [2.45, 2.75) is 11.2 Å². The second-order valence-electron chi connectivity index (χ2n) is 12.3. The summed E-state index contributed by atoms with van der Waals surface area (Å²) >= 11 is 0. The third-order valence-electron chi connectivity index (χ3n) is 9.31. The molecule has 2 N–H and O–H groups in total. The molecule has 3 aliphatic heterocycles. The minimum atomic E-state index is -1.25. The summed E-state index contributed by atoms with van der Waals surface area (Å²) in [6.07, 6.45) is 0. The fourth-order valence-corrected chi connectivity index (χ4v) is 6.67. The van der Waals surface area contributed by atoms with E-state index in [-0.39, 0.29) is 0 Å². The van der Waals surface area contributed by atoms with E-state index in [2.05, 4.69) is 0 Å². The number of benzene rings is 6. The summed E-state index contributed by atoms with van der Waals surface area (Å²) in [7, 11) is 3.26. The highest BCUT2D eigenvalue weighted by atomic mass is 16.6. The van der Waals surface area contributed by atoms with Crippen LogP contribution in [-0.2, 0) is 20.7 Å². The van der Waals surface area contributed by atoms with Crippen LogP contribution >= 0.6 is 0 Å². The van der Waals surface area contributed by atoms with Crippen LogP contribution in [0, 0.1) is 0 Å². The summed E-state index contributed by atoms with van der Waals surface area (Å²) in [6, 6.07) is 45.3. The van der Waals surface area contributed by atoms with Crippen LogP contribution in [-0.4, -0.2) is 50.9 Å². The van der Waals surface area contributed by atoms with Gasteiger partial charge < -0.3 is 38.6 Å². The molecule has 9 rings (SSSR count). The van der Waals surface area contributed by atoms with Gasteiger partial charge in [-0.2, -0.15) is 0 Å². The van der Waals surface area contributed by atoms with Crippen molar-refractivity contribution in [1.29, 1.82) is 0 Å². The van der Waals surface area contributed by atoms with E-state index in [0.717, 1.165) is 71.3 Å². The Kier molecular flexibility index (Phi) is 10.2. The fraction of sp³-hybridized carbons (Fsp3) is 0.182. The number of hydrogen-bond donors (Lipinski definition) is 2. The SMILES string of the molecule is C1COCCO1.COc1ccc(C2(O)c3ccccc3Oc3ccccc32)cc1.COc1ccc(C2(O)c3ccccc3Oc3ccccc32)cc1. The maximum absolute atomic E-state index is 11.7. The molecule has 0 atom stereocenters. The highest BCUT2D eigenvalue weighted by Crippen LogP contribution is 2.51. The predicted octanol–water partition coefficient (Wildman–Crippen LogP) is 8.20. The topological polar surface area (TPSA) is 95.8 Å². The first-order valence-corrected chi connectivity index (χ1v) is 17.1. The van der Waals surface area contributed by atoms with Gasteiger partial charge in [0.15, 0.2) is 0 Å². The third kappa shape index (κ3) is 6.61. The number of fused-ring (bicyclic) bond motifs is 4. The van der Waals surface area contributed by atoms with E-state index in [1.54, 1.807) is 14.2 Å². The first-order valence-electron chi connectivity index (χ1n) is 17.1. The number of hydrogen-bond acceptors (Lipinski definition) is 8. The molecule has 1 fully saturated rings. The van der Waals surface area contributed by atoms with E-state index in [4.69, 9.17) is 28.4 Å². The largest absolute Gasteiger partial charge is 0.497 e. The van der Waals surface area contributed by atoms with Gasteiger partial charge in [-0.05, 0) is 59.7 Å². The molecule has 0 bridgehead atoms. The van der Waals surface area contributed by atoms with Gasteiger partial charge in [-0.3, -0.25) is 0 Å². The Bertz CT molecular complexity index is 1860. The monoisotopic (exact) mass is 696 g/mol. The summed E-state index contributed by atoms with van der Waals surface area (Å²) in [5, 5.41) is 23.4. The van der Waals surface area contributed by atoms with Crippen molar-refractivity contribution < 1.29 is 38.6 Å². The van der Waals surface area contributed by atoms with Gasteiger partial charge in [0, 0.05) is 22.3 Å². The molecule has 6 aromatic rings. The molecule has 0 spiro atoms. The maximum Gasteiger partial charge on any atom is 0.147 e. The molecule has 0 radical (unpaired) electrons. The minimum absolute atomic E-state index is 0.671. The Balaban J connectivity index is 0.000000139. The Morgan fingerprint density at radius 1 is 0.404 bits per heavy atom. The number of para-hydroxylation sites is 4. The third-order valence-corrected chi connectivity index (χ3v) is 9.31. The normalized spacial score (nSPS) is 15.5. The molecule has 3 heterocycles. The molecule has 6 aromatic carbocycles. The second-order valence-corrected chi connectivity index (χ2v) is 12.3. The first-order chi connectivity index (χ1) is 25.5. The first kappa shape index (κ1) is 34.8. The molecule has 1 saturated heterocycles. The van der Waals surface area contributed by atoms with Crippen molar-refractivity contribution in [1.82, 2.24) is 0 Å². The summed E-state index contributed by atoms with van der Waals surface area (Å²) in [6.45, 7) is 3.11. The predicted molar refractivity (Wildman–Crippen MR) is 198 cm³/mol. The summed E-state index contributed by atoms with van der Waals surface area (Å²) in [5.41, 5.74) is 2.01. The Labute approximate surface area is 303 Å². The van der Waals surface area contributed by atoms with Crippen LogP contribution in [0.4, 0.5) is 0 Å². The zero-order valence-corrected chi connectivity index (χ0v) is 29.0. The van der Waals surface area contributed by atoms with Crippen molar-refractivity contribution in [2.75, 3.05) is 40.6 Å². The van der Waals surface area contributed by atoms with Crippen LogP contribution in [0.3, 0.4) is 0 Å². The van der Waals surface area contributed by atoms with Crippen molar-refractivity contribution >= 4 is 0 Å². The van der Waals surface area contributed by atoms with Crippen molar-refractivity contribution in [3.05, 3.63) is 179 Å². The van der Waals surface area contributed by atoms with E-state index in [9.17, 15) is 10.2 Å². The smallest absolute Gasteiger partial charge is 0.147 e. The Hall–Kier alpha value is -5.64. The number of methoxy groups -OCH3 is 2. The van der Waals surface area contributed by atoms with Crippen LogP contribution in [0.25, 0.3) is 0 Å². The molecule has 0 amide bonds. The number of ether oxygens (including phenoxy) is 6. The lowest BCUT2D eigenvalue weighted by Crippen LogP contribution is -2.32. The molecular formula is C44H40O8. The summed E-state index contributed by atoms with van der Waals surface area (Å²) in [5.74, 6) is 4.19. The van der Waals surface area contributed by atoms with Crippen LogP contribution in [0.2, 0.25) is 0 Å². The highest BCUT2D eigenvalue weighted by molar-refractivity contribution is 5.62. The van der Waals surface area contributed by atoms with Crippen molar-refractivity contribution in [3.8, 4) is 34.5 Å². The lowest BCUT2D eigenvalue weighted by molar-refractivity contribution is -0.0334. The molecule has 0 unspecified atom stereocenters. The lowest BCUT2D eigenvalue weighted by atomic mass is 9.78. The van der Waals surface area contributed by atoms with Crippen LogP contribution in [0.5, 0.6) is 34.5 Å². The number of aliphatic hydroxyl groups is 2. The summed E-state index contributed by atoms with van der Waals surface area (Å²) in [4.78, 5) is 0. The molecular weight excluding hydrogens is 656 g/mol. The average Bonchev–Trinajstić information content (AvgIpc) is 3.22. The van der Waals surface area contributed by atoms with Crippen molar-refractivity contribution in [3.63, 3.8) is 0 Å². The Morgan fingerprint density at radius 2 is 0.673 bits per heavy atom. The number of rotatable bonds is 4. The quantitative estimate of drug-likeness (QED) is 0.191. The molecule has 52 heavy (non-hydrogen) atoms. The molecule has 0 saturated carbocycles. The fourth-order valence-electron chi connectivity index (χ4n) is 6.67. The van der Waals surface area contributed by atoms with E-state index in [1.165, 1.54) is 0 Å². The van der Waals surface area contributed by atoms with Gasteiger partial charge in [-0.1, -0.05) is 97.1 Å². The maximum atomic E-state index is 11.7. The highest BCUT2D eigenvalue weighted by Gasteiger charge is 2.43. The van der Waals surface area contributed by atoms with Crippen LogP contribution in [0.15, 0.2) is 146 Å². The molecule has 8 nitrogen and oxygen atoms in total. The van der Waals surface area contributed by atoms with Crippen molar-refractivity contribution in [2.24, 2.45) is 0 Å². The molecule has 264 valence electrons. The van der Waals surface area contributed by atoms with Gasteiger partial charge in [0.05, 0.1) is 40.6 Å².